The molecule has 2 aromatic carbocycles. The van der Waals surface area contributed by atoms with Gasteiger partial charge in [0.2, 0.25) is 5.91 Å². The summed E-state index contributed by atoms with van der Waals surface area (Å²) >= 11 is 1.58. The van der Waals surface area contributed by atoms with Gasteiger partial charge in [-0.1, -0.05) is 24.3 Å². The molecule has 1 aromatic heterocycles. The molecule has 0 aliphatic carbocycles. The minimum atomic E-state index is 0.0406. The maximum absolute atomic E-state index is 12.1. The highest BCUT2D eigenvalue weighted by Crippen LogP contribution is 2.27. The summed E-state index contributed by atoms with van der Waals surface area (Å²) in [5, 5.41) is 5.92. The summed E-state index contributed by atoms with van der Waals surface area (Å²) in [5.74, 6) is 1.68. The number of ether oxygens (including phenoxy) is 2. The van der Waals surface area contributed by atoms with E-state index in [2.05, 4.69) is 10.3 Å². The summed E-state index contributed by atoms with van der Waals surface area (Å²) in [4.78, 5) is 16.8. The van der Waals surface area contributed by atoms with Crippen molar-refractivity contribution in [2.45, 2.75) is 19.3 Å². The molecule has 0 saturated carbocycles. The summed E-state index contributed by atoms with van der Waals surface area (Å²) < 4.78 is 10.5. The van der Waals surface area contributed by atoms with Gasteiger partial charge in [0.25, 0.3) is 0 Å². The molecule has 0 spiro atoms. The van der Waals surface area contributed by atoms with Gasteiger partial charge >= 0.3 is 0 Å². The normalized spacial score (nSPS) is 10.5. The van der Waals surface area contributed by atoms with Crippen molar-refractivity contribution in [3.05, 3.63) is 65.2 Å². The fourth-order valence-electron chi connectivity index (χ4n) is 2.81. The van der Waals surface area contributed by atoms with Crippen LogP contribution in [0, 0.1) is 0 Å². The van der Waals surface area contributed by atoms with Crippen LogP contribution < -0.4 is 14.8 Å². The molecule has 1 N–H and O–H groups in total. The first-order valence-electron chi connectivity index (χ1n) is 9.16. The third-order valence-corrected chi connectivity index (χ3v) is 5.29. The summed E-state index contributed by atoms with van der Waals surface area (Å²) in [6.07, 6.45) is 1.84. The highest BCUT2D eigenvalue weighted by Gasteiger charge is 2.08. The minimum Gasteiger partial charge on any atom is -0.497 e. The number of amides is 1. The monoisotopic (exact) mass is 396 g/mol. The Hall–Kier alpha value is -2.86. The number of aromatic nitrogens is 1. The molecule has 0 bridgehead atoms. The van der Waals surface area contributed by atoms with Gasteiger partial charge in [-0.15, -0.1) is 11.3 Å². The second kappa shape index (κ2) is 9.90. The Morgan fingerprint density at radius 1 is 1.04 bits per heavy atom. The van der Waals surface area contributed by atoms with Gasteiger partial charge in [-0.2, -0.15) is 0 Å². The molecule has 0 saturated heterocycles. The Balaban J connectivity index is 1.45. The first-order chi connectivity index (χ1) is 13.7. The van der Waals surface area contributed by atoms with Crippen LogP contribution in [0.3, 0.4) is 0 Å². The zero-order valence-corrected chi connectivity index (χ0v) is 16.9. The number of rotatable bonds is 9. The molecule has 3 aromatic rings. The van der Waals surface area contributed by atoms with E-state index >= 15 is 0 Å². The molecule has 0 aliphatic rings. The molecule has 6 heteroatoms. The lowest BCUT2D eigenvalue weighted by Gasteiger charge is -2.06. The van der Waals surface area contributed by atoms with Crippen LogP contribution >= 0.6 is 11.3 Å². The highest BCUT2D eigenvalue weighted by molar-refractivity contribution is 7.13. The molecule has 0 radical (unpaired) electrons. The van der Waals surface area contributed by atoms with Crippen LogP contribution in [-0.2, 0) is 17.6 Å². The Bertz CT molecular complexity index is 923. The van der Waals surface area contributed by atoms with Crippen molar-refractivity contribution in [1.29, 1.82) is 0 Å². The number of thiazole rings is 1. The van der Waals surface area contributed by atoms with Gasteiger partial charge in [0, 0.05) is 23.9 Å². The van der Waals surface area contributed by atoms with Crippen LogP contribution in [-0.4, -0.2) is 31.7 Å². The predicted molar refractivity (Wildman–Crippen MR) is 112 cm³/mol. The number of nitrogens with zero attached hydrogens (tertiary/aromatic N) is 1. The second-order valence-corrected chi connectivity index (χ2v) is 7.19. The van der Waals surface area contributed by atoms with Crippen molar-refractivity contribution in [1.82, 2.24) is 10.3 Å². The zero-order chi connectivity index (χ0) is 19.8. The van der Waals surface area contributed by atoms with E-state index < -0.39 is 0 Å². The van der Waals surface area contributed by atoms with E-state index in [4.69, 9.17) is 9.47 Å². The van der Waals surface area contributed by atoms with Crippen LogP contribution in [0.2, 0.25) is 0 Å². The molecule has 1 amide bonds. The van der Waals surface area contributed by atoms with Crippen molar-refractivity contribution < 1.29 is 14.3 Å². The van der Waals surface area contributed by atoms with Crippen LogP contribution in [0.4, 0.5) is 0 Å². The lowest BCUT2D eigenvalue weighted by molar-refractivity contribution is -0.121. The quantitative estimate of drug-likeness (QED) is 0.591. The number of carbonyl (C=O) groups excluding carboxylic acids is 1. The topological polar surface area (TPSA) is 60.5 Å². The van der Waals surface area contributed by atoms with E-state index in [-0.39, 0.29) is 5.91 Å². The van der Waals surface area contributed by atoms with Gasteiger partial charge in [-0.25, -0.2) is 4.98 Å². The fourth-order valence-corrected chi connectivity index (χ4v) is 3.67. The summed E-state index contributed by atoms with van der Waals surface area (Å²) in [7, 11) is 3.30. The molecule has 28 heavy (non-hydrogen) atoms. The average molecular weight is 397 g/mol. The van der Waals surface area contributed by atoms with Crippen molar-refractivity contribution >= 4 is 17.2 Å². The standard InChI is InChI=1S/C22H24N2O3S/c1-26-19-7-3-5-16(13-19)11-12-23-21(25)10-9-18-15-28-22(24-18)17-6-4-8-20(14-17)27-2/h3-8,13-15H,9-12H2,1-2H3,(H,23,25). The van der Waals surface area contributed by atoms with Gasteiger partial charge in [0.15, 0.2) is 0 Å². The number of nitrogens with one attached hydrogen (secondary N) is 1. The number of aryl methyl sites for hydroxylation is 1. The summed E-state index contributed by atoms with van der Waals surface area (Å²) in [5.41, 5.74) is 3.10. The van der Waals surface area contributed by atoms with Gasteiger partial charge in [0.05, 0.1) is 19.9 Å². The van der Waals surface area contributed by atoms with Crippen LogP contribution in [0.25, 0.3) is 10.6 Å². The maximum atomic E-state index is 12.1. The van der Waals surface area contributed by atoms with E-state index in [1.54, 1.807) is 25.6 Å². The predicted octanol–water partition coefficient (Wildman–Crippen LogP) is 4.12. The molecule has 0 aliphatic heterocycles. The average Bonchev–Trinajstić information content (AvgIpc) is 3.21. The maximum Gasteiger partial charge on any atom is 0.220 e. The highest BCUT2D eigenvalue weighted by atomic mass is 32.1. The summed E-state index contributed by atoms with van der Waals surface area (Å²) in [6, 6.07) is 15.7. The van der Waals surface area contributed by atoms with E-state index in [0.29, 0.717) is 19.4 Å². The molecule has 0 fully saturated rings. The summed E-state index contributed by atoms with van der Waals surface area (Å²) in [6.45, 7) is 0.609. The van der Waals surface area contributed by atoms with Crippen LogP contribution in [0.15, 0.2) is 53.9 Å². The first-order valence-corrected chi connectivity index (χ1v) is 10.0. The number of methoxy groups -OCH3 is 2. The molecule has 0 atom stereocenters. The largest absolute Gasteiger partial charge is 0.497 e. The third kappa shape index (κ3) is 5.57. The van der Waals surface area contributed by atoms with E-state index in [1.807, 2.05) is 53.9 Å². The minimum absolute atomic E-state index is 0.0406. The molecule has 0 unspecified atom stereocenters. The Morgan fingerprint density at radius 3 is 2.57 bits per heavy atom. The van der Waals surface area contributed by atoms with Crippen LogP contribution in [0.5, 0.6) is 11.5 Å². The number of hydrogen-bond acceptors (Lipinski definition) is 5. The van der Waals surface area contributed by atoms with E-state index in [1.165, 1.54) is 0 Å². The van der Waals surface area contributed by atoms with Crippen LogP contribution in [0.1, 0.15) is 17.7 Å². The molecular weight excluding hydrogens is 372 g/mol. The van der Waals surface area contributed by atoms with E-state index in [9.17, 15) is 4.79 Å². The van der Waals surface area contributed by atoms with Gasteiger partial charge < -0.3 is 14.8 Å². The fraction of sp³-hybridized carbons (Fsp3) is 0.273. The van der Waals surface area contributed by atoms with Gasteiger partial charge in [-0.3, -0.25) is 4.79 Å². The molecular formula is C22H24N2O3S. The zero-order valence-electron chi connectivity index (χ0n) is 16.1. The van der Waals surface area contributed by atoms with Crippen molar-refractivity contribution in [3.63, 3.8) is 0 Å². The van der Waals surface area contributed by atoms with Crippen molar-refractivity contribution in [2.24, 2.45) is 0 Å². The van der Waals surface area contributed by atoms with Crippen molar-refractivity contribution in [2.75, 3.05) is 20.8 Å². The number of carbonyl (C=O) groups is 1. The molecule has 3 rings (SSSR count). The SMILES string of the molecule is COc1cccc(CCNC(=O)CCc2csc(-c3cccc(OC)c3)n2)c1. The van der Waals surface area contributed by atoms with Crippen molar-refractivity contribution in [3.8, 4) is 22.1 Å². The smallest absolute Gasteiger partial charge is 0.220 e. The Labute approximate surface area is 169 Å². The second-order valence-electron chi connectivity index (χ2n) is 6.33. The van der Waals surface area contributed by atoms with E-state index in [0.717, 1.165) is 39.7 Å². The first kappa shape index (κ1) is 19.9. The Kier molecular flexibility index (Phi) is 7.03. The number of hydrogen-bond donors (Lipinski definition) is 1. The third-order valence-electron chi connectivity index (χ3n) is 4.35. The number of benzene rings is 2. The molecule has 5 nitrogen and oxygen atoms in total. The van der Waals surface area contributed by atoms with Gasteiger partial charge in [0.1, 0.15) is 16.5 Å². The lowest BCUT2D eigenvalue weighted by atomic mass is 10.1. The lowest BCUT2D eigenvalue weighted by Crippen LogP contribution is -2.25. The molecule has 146 valence electrons. The Morgan fingerprint density at radius 2 is 1.79 bits per heavy atom. The van der Waals surface area contributed by atoms with Gasteiger partial charge in [-0.05, 0) is 42.7 Å². The molecule has 1 heterocycles.